The number of nitrogens with zero attached hydrogens (tertiary/aromatic N) is 1. The van der Waals surface area contributed by atoms with Crippen LogP contribution in [0.2, 0.25) is 0 Å². The molecule has 27 heavy (non-hydrogen) atoms. The third-order valence-corrected chi connectivity index (χ3v) is 4.89. The fourth-order valence-electron chi connectivity index (χ4n) is 3.00. The Bertz CT molecular complexity index is 974. The van der Waals surface area contributed by atoms with Gasteiger partial charge in [0.2, 0.25) is 5.88 Å². The second kappa shape index (κ2) is 8.11. The van der Waals surface area contributed by atoms with E-state index in [2.05, 4.69) is 22.0 Å². The second-order valence-corrected chi connectivity index (χ2v) is 6.63. The zero-order valence-electron chi connectivity index (χ0n) is 14.6. The fourth-order valence-corrected chi connectivity index (χ4v) is 3.51. The van der Waals surface area contributed by atoms with Crippen LogP contribution in [0, 0.1) is 11.3 Å². The lowest BCUT2D eigenvalue weighted by Gasteiger charge is -2.28. The van der Waals surface area contributed by atoms with Crippen LogP contribution in [0.5, 0.6) is 0 Å². The monoisotopic (exact) mass is 424 g/mol. The standard InChI is InChI=1S/C21H17BrN2O3/c1-2-26-21(25)18-17(14-10-6-7-11-16(14)22)15(12-23)20(24)27-19(18)13-8-4-3-5-9-13/h3-11,17H,2,24H2,1H3. The normalized spacial score (nSPS) is 16.6. The van der Waals surface area contributed by atoms with Gasteiger partial charge in [-0.15, -0.1) is 0 Å². The van der Waals surface area contributed by atoms with Crippen molar-refractivity contribution in [2.45, 2.75) is 12.8 Å². The summed E-state index contributed by atoms with van der Waals surface area (Å²) in [6.07, 6.45) is 0. The molecule has 0 aliphatic carbocycles. The van der Waals surface area contributed by atoms with Crippen molar-refractivity contribution in [2.24, 2.45) is 5.73 Å². The molecular weight excluding hydrogens is 408 g/mol. The maximum Gasteiger partial charge on any atom is 0.338 e. The summed E-state index contributed by atoms with van der Waals surface area (Å²) in [5.41, 5.74) is 7.90. The highest BCUT2D eigenvalue weighted by Crippen LogP contribution is 2.44. The molecule has 0 amide bonds. The molecule has 0 saturated heterocycles. The Balaban J connectivity index is 2.31. The maximum atomic E-state index is 12.9. The molecule has 1 unspecified atom stereocenters. The molecule has 2 aromatic carbocycles. The number of allylic oxidation sites excluding steroid dienone is 1. The van der Waals surface area contributed by atoms with E-state index in [1.807, 2.05) is 54.6 Å². The van der Waals surface area contributed by atoms with Crippen LogP contribution in [0.15, 0.2) is 76.1 Å². The summed E-state index contributed by atoms with van der Waals surface area (Å²) in [5, 5.41) is 9.71. The topological polar surface area (TPSA) is 85.3 Å². The van der Waals surface area contributed by atoms with Crippen molar-refractivity contribution in [1.29, 1.82) is 5.26 Å². The van der Waals surface area contributed by atoms with Crippen molar-refractivity contribution in [2.75, 3.05) is 6.61 Å². The first-order valence-electron chi connectivity index (χ1n) is 8.37. The Labute approximate surface area is 165 Å². The van der Waals surface area contributed by atoms with E-state index in [0.29, 0.717) is 11.3 Å². The Hall–Kier alpha value is -3.04. The molecule has 1 heterocycles. The summed E-state index contributed by atoms with van der Waals surface area (Å²) in [6.45, 7) is 1.93. The van der Waals surface area contributed by atoms with E-state index in [1.54, 1.807) is 6.92 Å². The van der Waals surface area contributed by atoms with Gasteiger partial charge in [-0.1, -0.05) is 64.5 Å². The van der Waals surface area contributed by atoms with Crippen molar-refractivity contribution >= 4 is 27.7 Å². The summed E-state index contributed by atoms with van der Waals surface area (Å²) in [7, 11) is 0. The van der Waals surface area contributed by atoms with Crippen LogP contribution in [0.1, 0.15) is 24.0 Å². The maximum absolute atomic E-state index is 12.9. The Kier molecular flexibility index (Phi) is 5.63. The fraction of sp³-hybridized carbons (Fsp3) is 0.143. The third-order valence-electron chi connectivity index (χ3n) is 4.17. The van der Waals surface area contributed by atoms with Crippen LogP contribution >= 0.6 is 15.9 Å². The number of carbonyl (C=O) groups is 1. The minimum absolute atomic E-state index is 0.0230. The smallest absolute Gasteiger partial charge is 0.338 e. The van der Waals surface area contributed by atoms with E-state index in [-0.39, 0.29) is 23.6 Å². The van der Waals surface area contributed by atoms with Gasteiger partial charge in [0.25, 0.3) is 0 Å². The van der Waals surface area contributed by atoms with E-state index in [1.165, 1.54) is 0 Å². The van der Waals surface area contributed by atoms with Crippen LogP contribution < -0.4 is 5.73 Å². The highest BCUT2D eigenvalue weighted by atomic mass is 79.9. The molecule has 3 rings (SSSR count). The average molecular weight is 425 g/mol. The third kappa shape index (κ3) is 3.60. The second-order valence-electron chi connectivity index (χ2n) is 5.78. The molecule has 0 spiro atoms. The van der Waals surface area contributed by atoms with E-state index in [4.69, 9.17) is 15.2 Å². The number of ether oxygens (including phenoxy) is 2. The molecule has 0 fully saturated rings. The van der Waals surface area contributed by atoms with E-state index in [9.17, 15) is 10.1 Å². The van der Waals surface area contributed by atoms with Crippen LogP contribution in [0.4, 0.5) is 0 Å². The predicted molar refractivity (Wildman–Crippen MR) is 105 cm³/mol. The lowest BCUT2D eigenvalue weighted by Crippen LogP contribution is -2.26. The Morgan fingerprint density at radius 1 is 1.22 bits per heavy atom. The number of esters is 1. The number of rotatable bonds is 4. The van der Waals surface area contributed by atoms with E-state index < -0.39 is 11.9 Å². The minimum Gasteiger partial charge on any atom is -0.463 e. The highest BCUT2D eigenvalue weighted by molar-refractivity contribution is 9.10. The number of carbonyl (C=O) groups excluding carboxylic acids is 1. The molecule has 0 saturated carbocycles. The van der Waals surface area contributed by atoms with E-state index in [0.717, 1.165) is 10.0 Å². The van der Waals surface area contributed by atoms with Crippen LogP contribution in [-0.2, 0) is 14.3 Å². The molecule has 5 nitrogen and oxygen atoms in total. The molecule has 0 radical (unpaired) electrons. The van der Waals surface area contributed by atoms with Crippen molar-refractivity contribution in [3.63, 3.8) is 0 Å². The molecule has 1 aliphatic rings. The van der Waals surface area contributed by atoms with Gasteiger partial charge < -0.3 is 15.2 Å². The zero-order chi connectivity index (χ0) is 19.4. The SMILES string of the molecule is CCOC(=O)C1=C(c2ccccc2)OC(N)=C(C#N)C1c1ccccc1Br. The first-order chi connectivity index (χ1) is 13.1. The summed E-state index contributed by atoms with van der Waals surface area (Å²) >= 11 is 3.51. The molecule has 1 aliphatic heterocycles. The van der Waals surface area contributed by atoms with Gasteiger partial charge >= 0.3 is 5.97 Å². The van der Waals surface area contributed by atoms with Crippen LogP contribution in [0.3, 0.4) is 0 Å². The number of hydrogen-bond acceptors (Lipinski definition) is 5. The Morgan fingerprint density at radius 3 is 2.52 bits per heavy atom. The van der Waals surface area contributed by atoms with Gasteiger partial charge in [-0.2, -0.15) is 5.26 Å². The number of benzene rings is 2. The molecule has 2 N–H and O–H groups in total. The molecule has 6 heteroatoms. The lowest BCUT2D eigenvalue weighted by molar-refractivity contribution is -0.138. The quantitative estimate of drug-likeness (QED) is 0.741. The number of hydrogen-bond donors (Lipinski definition) is 1. The van der Waals surface area contributed by atoms with E-state index >= 15 is 0 Å². The van der Waals surface area contributed by atoms with Gasteiger partial charge in [0.15, 0.2) is 0 Å². The van der Waals surface area contributed by atoms with Gasteiger partial charge in [-0.3, -0.25) is 0 Å². The first kappa shape index (κ1) is 18.7. The molecule has 1 atom stereocenters. The number of nitrogens with two attached hydrogens (primary N) is 1. The molecule has 0 bridgehead atoms. The van der Waals surface area contributed by atoms with Crippen molar-refractivity contribution in [3.8, 4) is 6.07 Å². The lowest BCUT2D eigenvalue weighted by atomic mass is 9.82. The highest BCUT2D eigenvalue weighted by Gasteiger charge is 2.38. The van der Waals surface area contributed by atoms with Crippen molar-refractivity contribution < 1.29 is 14.3 Å². The number of halogens is 1. The van der Waals surface area contributed by atoms with Crippen LogP contribution in [0.25, 0.3) is 5.76 Å². The van der Waals surface area contributed by atoms with Crippen molar-refractivity contribution in [1.82, 2.24) is 0 Å². The molecular formula is C21H17BrN2O3. The zero-order valence-corrected chi connectivity index (χ0v) is 16.2. The largest absolute Gasteiger partial charge is 0.463 e. The van der Waals surface area contributed by atoms with Gasteiger partial charge in [-0.25, -0.2) is 4.79 Å². The summed E-state index contributed by atoms with van der Waals surface area (Å²) in [4.78, 5) is 12.9. The minimum atomic E-state index is -0.700. The van der Waals surface area contributed by atoms with Gasteiger partial charge in [0.1, 0.15) is 17.4 Å². The Morgan fingerprint density at radius 2 is 1.89 bits per heavy atom. The molecule has 2 aromatic rings. The van der Waals surface area contributed by atoms with Crippen molar-refractivity contribution in [3.05, 3.63) is 87.2 Å². The number of nitriles is 1. The summed E-state index contributed by atoms with van der Waals surface area (Å²) < 4.78 is 11.8. The summed E-state index contributed by atoms with van der Waals surface area (Å²) in [6, 6.07) is 18.6. The molecule has 0 aromatic heterocycles. The van der Waals surface area contributed by atoms with Gasteiger partial charge in [0, 0.05) is 10.0 Å². The van der Waals surface area contributed by atoms with Crippen LogP contribution in [-0.4, -0.2) is 12.6 Å². The summed E-state index contributed by atoms with van der Waals surface area (Å²) in [5.74, 6) is -0.970. The predicted octanol–water partition coefficient (Wildman–Crippen LogP) is 4.23. The van der Waals surface area contributed by atoms with Gasteiger partial charge in [0.05, 0.1) is 18.1 Å². The molecule has 136 valence electrons. The van der Waals surface area contributed by atoms with Gasteiger partial charge in [-0.05, 0) is 18.6 Å². The average Bonchev–Trinajstić information content (AvgIpc) is 2.68. The first-order valence-corrected chi connectivity index (χ1v) is 9.16.